The van der Waals surface area contributed by atoms with Crippen molar-refractivity contribution in [2.75, 3.05) is 26.8 Å². The van der Waals surface area contributed by atoms with Gasteiger partial charge in [0, 0.05) is 50.4 Å². The van der Waals surface area contributed by atoms with E-state index in [1.807, 2.05) is 0 Å². The number of hydrogen-bond acceptors (Lipinski definition) is 5. The first-order chi connectivity index (χ1) is 13.2. The molecule has 1 N–H and O–H groups in total. The standard InChI is InChI=1S/C19H27F2N3O4/c1-11(2)18(25)24-12(3)9-23(10-16(24)19(26)27)15(5-6-28-4)17-13(20)7-22-8-14(17)21/h7-8,11-12,15-16H,5-6,9-10H2,1-4H3,(H,26,27)/t12-,15-,16-/m1/s1. The highest BCUT2D eigenvalue weighted by Crippen LogP contribution is 2.32. The van der Waals surface area contributed by atoms with Crippen molar-refractivity contribution in [3.8, 4) is 0 Å². The molecule has 0 spiro atoms. The number of aromatic nitrogens is 1. The predicted octanol–water partition coefficient (Wildman–Crippen LogP) is 2.08. The molecule has 7 nitrogen and oxygen atoms in total. The molecule has 0 unspecified atom stereocenters. The first kappa shape index (κ1) is 22.2. The Kier molecular flexibility index (Phi) is 7.42. The number of ether oxygens (including phenoxy) is 1. The first-order valence-corrected chi connectivity index (χ1v) is 9.25. The highest BCUT2D eigenvalue weighted by molar-refractivity contribution is 5.85. The molecule has 1 fully saturated rings. The molecule has 1 amide bonds. The third-order valence-electron chi connectivity index (χ3n) is 5.01. The van der Waals surface area contributed by atoms with Crippen LogP contribution in [-0.2, 0) is 14.3 Å². The zero-order valence-corrected chi connectivity index (χ0v) is 16.6. The largest absolute Gasteiger partial charge is 0.480 e. The number of carbonyl (C=O) groups excluding carboxylic acids is 1. The van der Waals surface area contributed by atoms with Gasteiger partial charge in [0.1, 0.15) is 17.7 Å². The van der Waals surface area contributed by atoms with E-state index in [2.05, 4.69) is 4.98 Å². The van der Waals surface area contributed by atoms with E-state index in [4.69, 9.17) is 4.74 Å². The number of amides is 1. The summed E-state index contributed by atoms with van der Waals surface area (Å²) in [7, 11) is 1.48. The summed E-state index contributed by atoms with van der Waals surface area (Å²) in [5.74, 6) is -3.33. The van der Waals surface area contributed by atoms with Crippen LogP contribution in [0.3, 0.4) is 0 Å². The van der Waals surface area contributed by atoms with Crippen LogP contribution in [0.2, 0.25) is 0 Å². The molecule has 0 saturated carbocycles. The second kappa shape index (κ2) is 9.38. The van der Waals surface area contributed by atoms with Crippen molar-refractivity contribution in [1.29, 1.82) is 0 Å². The van der Waals surface area contributed by atoms with Crippen LogP contribution in [-0.4, -0.2) is 70.7 Å². The number of nitrogens with zero attached hydrogens (tertiary/aromatic N) is 3. The number of pyridine rings is 1. The normalized spacial score (nSPS) is 21.8. The average Bonchev–Trinajstić information content (AvgIpc) is 2.62. The Morgan fingerprint density at radius 3 is 2.39 bits per heavy atom. The number of halogens is 2. The van der Waals surface area contributed by atoms with Crippen molar-refractivity contribution in [1.82, 2.24) is 14.8 Å². The number of carbonyl (C=O) groups is 2. The predicted molar refractivity (Wildman–Crippen MR) is 97.5 cm³/mol. The minimum atomic E-state index is -1.15. The molecule has 0 aromatic carbocycles. The van der Waals surface area contributed by atoms with Gasteiger partial charge in [-0.15, -0.1) is 0 Å². The van der Waals surface area contributed by atoms with Gasteiger partial charge >= 0.3 is 5.97 Å². The van der Waals surface area contributed by atoms with Crippen molar-refractivity contribution >= 4 is 11.9 Å². The van der Waals surface area contributed by atoms with Gasteiger partial charge in [-0.05, 0) is 13.3 Å². The summed E-state index contributed by atoms with van der Waals surface area (Å²) < 4.78 is 33.9. The van der Waals surface area contributed by atoms with Gasteiger partial charge < -0.3 is 14.7 Å². The van der Waals surface area contributed by atoms with Crippen LogP contribution in [0.5, 0.6) is 0 Å². The number of methoxy groups -OCH3 is 1. The van der Waals surface area contributed by atoms with E-state index in [9.17, 15) is 23.5 Å². The maximum Gasteiger partial charge on any atom is 0.327 e. The molecule has 0 radical (unpaired) electrons. The topological polar surface area (TPSA) is 83.0 Å². The van der Waals surface area contributed by atoms with E-state index in [1.54, 1.807) is 25.7 Å². The van der Waals surface area contributed by atoms with Crippen LogP contribution in [0.1, 0.15) is 38.8 Å². The van der Waals surface area contributed by atoms with Crippen LogP contribution >= 0.6 is 0 Å². The van der Waals surface area contributed by atoms with Gasteiger partial charge in [0.25, 0.3) is 0 Å². The van der Waals surface area contributed by atoms with E-state index >= 15 is 0 Å². The number of aliphatic carboxylic acids is 1. The molecule has 2 rings (SSSR count). The number of piperazine rings is 1. The van der Waals surface area contributed by atoms with Gasteiger partial charge in [0.05, 0.1) is 12.4 Å². The maximum atomic E-state index is 14.4. The van der Waals surface area contributed by atoms with E-state index in [1.165, 1.54) is 12.0 Å². The highest BCUT2D eigenvalue weighted by Gasteiger charge is 2.42. The van der Waals surface area contributed by atoms with Crippen molar-refractivity contribution in [3.63, 3.8) is 0 Å². The Balaban J connectivity index is 2.40. The lowest BCUT2D eigenvalue weighted by Gasteiger charge is -2.47. The van der Waals surface area contributed by atoms with E-state index < -0.39 is 35.7 Å². The summed E-state index contributed by atoms with van der Waals surface area (Å²) in [6, 6.07) is -2.26. The molecule has 2 heterocycles. The summed E-state index contributed by atoms with van der Waals surface area (Å²) in [6.45, 7) is 5.66. The van der Waals surface area contributed by atoms with Crippen LogP contribution < -0.4 is 0 Å². The van der Waals surface area contributed by atoms with Crippen LogP contribution in [0.25, 0.3) is 0 Å². The third kappa shape index (κ3) is 4.64. The Hall–Kier alpha value is -2.13. The molecule has 1 saturated heterocycles. The first-order valence-electron chi connectivity index (χ1n) is 9.25. The molecule has 1 aromatic rings. The molecule has 9 heteroatoms. The minimum Gasteiger partial charge on any atom is -0.480 e. The summed E-state index contributed by atoms with van der Waals surface area (Å²) in [5, 5.41) is 9.71. The fourth-order valence-corrected chi connectivity index (χ4v) is 3.72. The number of carboxylic acids is 1. The molecule has 28 heavy (non-hydrogen) atoms. The van der Waals surface area contributed by atoms with Crippen LogP contribution in [0.15, 0.2) is 12.4 Å². The van der Waals surface area contributed by atoms with Crippen LogP contribution in [0, 0.1) is 17.6 Å². The van der Waals surface area contributed by atoms with Crippen LogP contribution in [0.4, 0.5) is 8.78 Å². The van der Waals surface area contributed by atoms with Gasteiger partial charge in [0.2, 0.25) is 5.91 Å². The van der Waals surface area contributed by atoms with Gasteiger partial charge in [-0.1, -0.05) is 13.8 Å². The molecule has 1 aliphatic heterocycles. The Bertz CT molecular complexity index is 696. The molecule has 1 aromatic heterocycles. The Labute approximate surface area is 163 Å². The number of rotatable bonds is 7. The molecule has 156 valence electrons. The summed E-state index contributed by atoms with van der Waals surface area (Å²) in [5.41, 5.74) is -0.160. The monoisotopic (exact) mass is 399 g/mol. The molecule has 0 aliphatic carbocycles. The highest BCUT2D eigenvalue weighted by atomic mass is 19.1. The SMILES string of the molecule is COCC[C@H](c1c(F)cncc1F)N1C[C@@H](C)N(C(=O)C(C)C)[C@@H](C(=O)O)C1. The lowest BCUT2D eigenvalue weighted by Crippen LogP contribution is -2.63. The fourth-order valence-electron chi connectivity index (χ4n) is 3.72. The zero-order valence-electron chi connectivity index (χ0n) is 16.6. The summed E-state index contributed by atoms with van der Waals surface area (Å²) in [4.78, 5) is 31.0. The summed E-state index contributed by atoms with van der Waals surface area (Å²) >= 11 is 0. The molecular formula is C19H27F2N3O4. The zero-order chi connectivity index (χ0) is 21.0. The summed E-state index contributed by atoms with van der Waals surface area (Å²) in [6.07, 6.45) is 2.15. The minimum absolute atomic E-state index is 0.0340. The molecule has 3 atom stereocenters. The second-order valence-electron chi connectivity index (χ2n) is 7.37. The molecule has 0 bridgehead atoms. The number of hydrogen-bond donors (Lipinski definition) is 1. The Morgan fingerprint density at radius 2 is 1.89 bits per heavy atom. The van der Waals surface area contributed by atoms with Gasteiger partial charge in [-0.2, -0.15) is 0 Å². The molecular weight excluding hydrogens is 372 g/mol. The van der Waals surface area contributed by atoms with Crippen molar-refractivity contribution < 1.29 is 28.2 Å². The van der Waals surface area contributed by atoms with Crippen molar-refractivity contribution in [2.45, 2.75) is 45.3 Å². The lowest BCUT2D eigenvalue weighted by atomic mass is 9.96. The lowest BCUT2D eigenvalue weighted by molar-refractivity contribution is -0.159. The third-order valence-corrected chi connectivity index (χ3v) is 5.01. The second-order valence-corrected chi connectivity index (χ2v) is 7.37. The van der Waals surface area contributed by atoms with E-state index in [0.29, 0.717) is 0 Å². The van der Waals surface area contributed by atoms with Gasteiger partial charge in [0.15, 0.2) is 0 Å². The van der Waals surface area contributed by atoms with Crippen molar-refractivity contribution in [2.24, 2.45) is 5.92 Å². The quantitative estimate of drug-likeness (QED) is 0.756. The van der Waals surface area contributed by atoms with Gasteiger partial charge in [-0.25, -0.2) is 13.6 Å². The molecule has 1 aliphatic rings. The number of carboxylic acid groups (broad SMARTS) is 1. The fraction of sp³-hybridized carbons (Fsp3) is 0.632. The maximum absolute atomic E-state index is 14.4. The van der Waals surface area contributed by atoms with E-state index in [-0.39, 0.29) is 43.5 Å². The van der Waals surface area contributed by atoms with Gasteiger partial charge in [-0.3, -0.25) is 14.7 Å². The average molecular weight is 399 g/mol. The Morgan fingerprint density at radius 1 is 1.29 bits per heavy atom. The van der Waals surface area contributed by atoms with Crippen molar-refractivity contribution in [3.05, 3.63) is 29.6 Å². The smallest absolute Gasteiger partial charge is 0.327 e. The van der Waals surface area contributed by atoms with E-state index in [0.717, 1.165) is 12.4 Å².